The van der Waals surface area contributed by atoms with Crippen LogP contribution in [-0.4, -0.2) is 41.7 Å². The number of hydrogen-bond acceptors (Lipinski definition) is 4. The summed E-state index contributed by atoms with van der Waals surface area (Å²) < 4.78 is 0. The molecule has 1 aromatic carbocycles. The molecule has 248 valence electrons. The van der Waals surface area contributed by atoms with E-state index in [1.54, 1.807) is 17.2 Å². The van der Waals surface area contributed by atoms with Crippen LogP contribution in [0.2, 0.25) is 0 Å². The van der Waals surface area contributed by atoms with Gasteiger partial charge in [-0.15, -0.1) is 0 Å². The number of allylic oxidation sites excluding steroid dienone is 1. The number of nitrogens with one attached hydrogen (secondary N) is 2. The maximum atomic E-state index is 14.0. The van der Waals surface area contributed by atoms with Gasteiger partial charge in [0.05, 0.1) is 25.3 Å². The first-order valence-electron chi connectivity index (χ1n) is 17.8. The number of aromatic nitrogens is 2. The first-order valence-corrected chi connectivity index (χ1v) is 17.8. The van der Waals surface area contributed by atoms with Gasteiger partial charge in [0.25, 0.3) is 0 Å². The Labute approximate surface area is 280 Å². The van der Waals surface area contributed by atoms with E-state index in [1.807, 2.05) is 6.07 Å². The lowest BCUT2D eigenvalue weighted by atomic mass is 9.71. The number of aryl methyl sites for hydroxylation is 1. The molecule has 0 bridgehead atoms. The van der Waals surface area contributed by atoms with Crippen molar-refractivity contribution in [3.63, 3.8) is 0 Å². The highest BCUT2D eigenvalue weighted by Gasteiger charge is 2.47. The molecule has 3 aliphatic carbocycles. The average molecular weight is 635 g/mol. The van der Waals surface area contributed by atoms with E-state index in [2.05, 4.69) is 62.2 Å². The number of aromatic amines is 1. The summed E-state index contributed by atoms with van der Waals surface area (Å²) in [5, 5.41) is 0. The molecule has 1 saturated heterocycles. The van der Waals surface area contributed by atoms with Gasteiger partial charge in [-0.25, -0.2) is 0 Å². The van der Waals surface area contributed by atoms with Crippen molar-refractivity contribution in [2.24, 2.45) is 16.7 Å². The SMILES string of the molecule is CC(C)(C)[C@H]1CCc2nc3c(cc2C1)C=C(C(=O)C[C@H](CC[NH+]1CCCC2(CC2)C1)c1ccc(-c2ccc(=O)[nH]c2)cc1)C3.CC=O. The Balaban J connectivity index is 0.00000124. The molecule has 0 radical (unpaired) electrons. The van der Waals surface area contributed by atoms with Crippen molar-refractivity contribution in [3.05, 3.63) is 92.7 Å². The van der Waals surface area contributed by atoms with Crippen LogP contribution in [0.5, 0.6) is 0 Å². The summed E-state index contributed by atoms with van der Waals surface area (Å²) in [4.78, 5) is 43.9. The van der Waals surface area contributed by atoms with Crippen molar-refractivity contribution in [3.8, 4) is 11.1 Å². The lowest BCUT2D eigenvalue weighted by Gasteiger charge is -2.34. The number of fused-ring (bicyclic) bond motifs is 2. The minimum absolute atomic E-state index is 0.0926. The summed E-state index contributed by atoms with van der Waals surface area (Å²) in [6, 6.07) is 14.4. The maximum Gasteiger partial charge on any atom is 0.247 e. The number of ketones is 1. The predicted octanol–water partition coefficient (Wildman–Crippen LogP) is 6.32. The highest BCUT2D eigenvalue weighted by atomic mass is 16.1. The average Bonchev–Trinajstić information content (AvgIpc) is 3.65. The molecule has 6 heteroatoms. The molecule has 3 atom stereocenters. The standard InChI is InChI=1S/C39H47N3O2.C2H4O/c1-38(2,3)33-10-11-34-31(21-33)19-30-20-32(22-35(30)41-34)36(43)23-28(13-18-42-17-4-14-39(25-42)15-16-39)26-5-7-27(8-6-26)29-9-12-37(44)40-24-29;1-2-3/h5-9,12,19-20,24,28,33H,4,10-11,13-18,21-23,25H2,1-3H3,(H,40,44);2H,1H3/p+1/t28-,33-;/m0./s1. The molecule has 3 heterocycles. The second-order valence-electron chi connectivity index (χ2n) is 15.7. The Morgan fingerprint density at radius 3 is 2.51 bits per heavy atom. The molecule has 2 fully saturated rings. The van der Waals surface area contributed by atoms with Gasteiger partial charge in [-0.05, 0) is 115 Å². The fourth-order valence-corrected chi connectivity index (χ4v) is 8.22. The van der Waals surface area contributed by atoms with Gasteiger partial charge < -0.3 is 14.7 Å². The third kappa shape index (κ3) is 7.92. The summed E-state index contributed by atoms with van der Waals surface area (Å²) >= 11 is 0. The number of hydrogen-bond donors (Lipinski definition) is 2. The van der Waals surface area contributed by atoms with Crippen molar-refractivity contribution in [1.82, 2.24) is 9.97 Å². The number of carbonyl (C=O) groups is 2. The zero-order valence-corrected chi connectivity index (χ0v) is 28.8. The first kappa shape index (κ1) is 33.3. The van der Waals surface area contributed by atoms with Crippen molar-refractivity contribution >= 4 is 18.1 Å². The number of H-pyrrole nitrogens is 1. The Hall–Kier alpha value is -3.64. The largest absolute Gasteiger partial charge is 0.334 e. The monoisotopic (exact) mass is 634 g/mol. The van der Waals surface area contributed by atoms with E-state index < -0.39 is 0 Å². The van der Waals surface area contributed by atoms with Crippen LogP contribution in [0.25, 0.3) is 17.2 Å². The van der Waals surface area contributed by atoms with Gasteiger partial charge in [-0.1, -0.05) is 45.0 Å². The molecular weight excluding hydrogens is 582 g/mol. The molecule has 3 aromatic rings. The van der Waals surface area contributed by atoms with Crippen LogP contribution >= 0.6 is 0 Å². The molecule has 1 saturated carbocycles. The minimum atomic E-state index is -0.0926. The second-order valence-corrected chi connectivity index (χ2v) is 15.7. The van der Waals surface area contributed by atoms with E-state index in [4.69, 9.17) is 9.78 Å². The highest BCUT2D eigenvalue weighted by molar-refractivity contribution is 6.02. The van der Waals surface area contributed by atoms with Crippen molar-refractivity contribution in [2.45, 2.75) is 97.8 Å². The van der Waals surface area contributed by atoms with Crippen molar-refractivity contribution in [1.29, 1.82) is 0 Å². The van der Waals surface area contributed by atoms with Crippen molar-refractivity contribution < 1.29 is 14.5 Å². The van der Waals surface area contributed by atoms with E-state index in [1.165, 1.54) is 68.9 Å². The zero-order valence-electron chi connectivity index (χ0n) is 28.8. The molecule has 47 heavy (non-hydrogen) atoms. The van der Waals surface area contributed by atoms with Gasteiger partial charge in [0.15, 0.2) is 5.78 Å². The van der Waals surface area contributed by atoms with Gasteiger partial charge in [0, 0.05) is 48.2 Å². The molecule has 7 rings (SSSR count). The smallest absolute Gasteiger partial charge is 0.247 e. The van der Waals surface area contributed by atoms with Crippen LogP contribution in [0.1, 0.15) is 107 Å². The molecule has 4 aliphatic rings. The molecule has 1 aliphatic heterocycles. The van der Waals surface area contributed by atoms with Crippen LogP contribution in [0.3, 0.4) is 0 Å². The van der Waals surface area contributed by atoms with E-state index in [0.717, 1.165) is 60.1 Å². The third-order valence-corrected chi connectivity index (χ3v) is 11.4. The quantitative estimate of drug-likeness (QED) is 0.284. The van der Waals surface area contributed by atoms with Gasteiger partial charge in [-0.3, -0.25) is 14.6 Å². The number of likely N-dealkylation sites (tertiary alicyclic amines) is 1. The number of pyridine rings is 2. The van der Waals surface area contributed by atoms with Crippen LogP contribution in [0.15, 0.2) is 59.0 Å². The molecule has 1 spiro atoms. The molecule has 1 unspecified atom stereocenters. The van der Waals surface area contributed by atoms with Gasteiger partial charge in [0.2, 0.25) is 5.56 Å². The summed E-state index contributed by atoms with van der Waals surface area (Å²) in [7, 11) is 0. The second kappa shape index (κ2) is 13.8. The van der Waals surface area contributed by atoms with Crippen molar-refractivity contribution in [2.75, 3.05) is 19.6 Å². The number of nitrogens with zero attached hydrogens (tertiary/aromatic N) is 1. The Morgan fingerprint density at radius 2 is 1.83 bits per heavy atom. The normalized spacial score (nSPS) is 21.5. The summed E-state index contributed by atoms with van der Waals surface area (Å²) in [5.74, 6) is 1.14. The number of aldehydes is 1. The Morgan fingerprint density at radius 1 is 1.09 bits per heavy atom. The fourth-order valence-electron chi connectivity index (χ4n) is 8.22. The van der Waals surface area contributed by atoms with E-state index in [9.17, 15) is 9.59 Å². The Kier molecular flexibility index (Phi) is 9.80. The lowest BCUT2D eigenvalue weighted by Crippen LogP contribution is -3.13. The van der Waals surface area contributed by atoms with Crippen LogP contribution in [0, 0.1) is 16.7 Å². The van der Waals surface area contributed by atoms with Gasteiger partial charge in [-0.2, -0.15) is 0 Å². The van der Waals surface area contributed by atoms with Crippen LogP contribution in [-0.2, 0) is 28.9 Å². The van der Waals surface area contributed by atoms with Crippen LogP contribution < -0.4 is 10.5 Å². The maximum absolute atomic E-state index is 14.0. The van der Waals surface area contributed by atoms with E-state index in [-0.39, 0.29) is 17.3 Å². The predicted molar refractivity (Wildman–Crippen MR) is 189 cm³/mol. The number of carbonyl (C=O) groups excluding carboxylic acids is 2. The van der Waals surface area contributed by atoms with Gasteiger partial charge >= 0.3 is 0 Å². The van der Waals surface area contributed by atoms with Crippen LogP contribution in [0.4, 0.5) is 0 Å². The number of quaternary nitrogens is 1. The minimum Gasteiger partial charge on any atom is -0.334 e. The van der Waals surface area contributed by atoms with Gasteiger partial charge in [0.1, 0.15) is 6.29 Å². The lowest BCUT2D eigenvalue weighted by molar-refractivity contribution is -0.910. The molecule has 6 nitrogen and oxygen atoms in total. The number of benzene rings is 1. The van der Waals surface area contributed by atoms with E-state index >= 15 is 0 Å². The van der Waals surface area contributed by atoms with E-state index in [0.29, 0.717) is 29.6 Å². The number of Topliss-reactive ketones (excluding diaryl/α,β-unsaturated/α-hetero) is 1. The number of piperidine rings is 1. The highest BCUT2D eigenvalue weighted by Crippen LogP contribution is 2.49. The third-order valence-electron chi connectivity index (χ3n) is 11.4. The molecule has 2 N–H and O–H groups in total. The fraction of sp³-hybridized carbons (Fsp3) is 0.512. The molecule has 0 amide bonds. The molecular formula is C41H52N3O3+. The summed E-state index contributed by atoms with van der Waals surface area (Å²) in [5.41, 5.74) is 9.98. The molecule has 2 aromatic heterocycles. The Bertz CT molecular complexity index is 1670. The summed E-state index contributed by atoms with van der Waals surface area (Å²) in [6.45, 7) is 12.2. The number of rotatable bonds is 8. The zero-order chi connectivity index (χ0) is 33.2. The topological polar surface area (TPSA) is 84.3 Å². The summed E-state index contributed by atoms with van der Waals surface area (Å²) in [6.07, 6.45) is 15.8. The first-order chi connectivity index (χ1) is 22.6.